The third-order valence-corrected chi connectivity index (χ3v) is 3.17. The largest absolute Gasteiger partial charge is 0.465 e. The summed E-state index contributed by atoms with van der Waals surface area (Å²) in [7, 11) is 1.21. The Morgan fingerprint density at radius 2 is 2.00 bits per heavy atom. The van der Waals surface area contributed by atoms with Crippen LogP contribution in [0.25, 0.3) is 11.3 Å². The molecule has 0 atom stereocenters. The lowest BCUT2D eigenvalue weighted by atomic mass is 10.1. The minimum absolute atomic E-state index is 0.0780. The molecule has 0 aliphatic heterocycles. The number of ether oxygens (including phenoxy) is 1. The summed E-state index contributed by atoms with van der Waals surface area (Å²) in [5, 5.41) is 3.69. The van der Waals surface area contributed by atoms with Gasteiger partial charge < -0.3 is 9.26 Å². The molecule has 4 nitrogen and oxygen atoms in total. The molecule has 0 saturated carbocycles. The Morgan fingerprint density at radius 1 is 1.37 bits per heavy atom. The van der Waals surface area contributed by atoms with Crippen LogP contribution in [0, 0.1) is 18.6 Å². The van der Waals surface area contributed by atoms with Crippen molar-refractivity contribution in [3.05, 3.63) is 39.6 Å². The zero-order valence-electron chi connectivity index (χ0n) is 9.96. The number of benzene rings is 1. The van der Waals surface area contributed by atoms with Gasteiger partial charge in [-0.25, -0.2) is 13.6 Å². The van der Waals surface area contributed by atoms with Crippen LogP contribution in [0.4, 0.5) is 8.78 Å². The number of carbonyl (C=O) groups is 1. The molecule has 0 N–H and O–H groups in total. The van der Waals surface area contributed by atoms with Gasteiger partial charge in [-0.2, -0.15) is 0 Å². The van der Waals surface area contributed by atoms with E-state index in [4.69, 9.17) is 4.52 Å². The summed E-state index contributed by atoms with van der Waals surface area (Å²) in [4.78, 5) is 11.6. The number of aryl methyl sites for hydroxylation is 1. The van der Waals surface area contributed by atoms with Gasteiger partial charge in [0.15, 0.2) is 11.6 Å². The van der Waals surface area contributed by atoms with E-state index >= 15 is 0 Å². The summed E-state index contributed by atoms with van der Waals surface area (Å²) in [6, 6.07) is 1.89. The van der Waals surface area contributed by atoms with E-state index in [-0.39, 0.29) is 27.1 Å². The zero-order valence-corrected chi connectivity index (χ0v) is 11.5. The number of hydrogen-bond acceptors (Lipinski definition) is 4. The molecule has 1 aromatic carbocycles. The summed E-state index contributed by atoms with van der Waals surface area (Å²) in [5.74, 6) is -2.48. The molecule has 2 rings (SSSR count). The van der Waals surface area contributed by atoms with E-state index in [2.05, 4.69) is 25.8 Å². The van der Waals surface area contributed by atoms with Crippen LogP contribution >= 0.6 is 15.9 Å². The quantitative estimate of drug-likeness (QED) is 0.624. The van der Waals surface area contributed by atoms with E-state index in [1.54, 1.807) is 0 Å². The van der Waals surface area contributed by atoms with Crippen LogP contribution in [0.5, 0.6) is 0 Å². The van der Waals surface area contributed by atoms with E-state index in [9.17, 15) is 13.6 Å². The van der Waals surface area contributed by atoms with Gasteiger partial charge in [-0.15, -0.1) is 0 Å². The average molecular weight is 332 g/mol. The summed E-state index contributed by atoms with van der Waals surface area (Å²) in [6.45, 7) is 1.52. The zero-order chi connectivity index (χ0) is 14.2. The fraction of sp³-hybridized carbons (Fsp3) is 0.167. The standard InChI is InChI=1S/C12H8BrF2NO3/c1-5-10(12(17)18-2)11(16-19-5)6-3-8(14)9(15)4-7(6)13/h3-4H,1-2H3. The fourth-order valence-corrected chi connectivity index (χ4v) is 2.11. The Hall–Kier alpha value is -1.76. The second kappa shape index (κ2) is 5.08. The van der Waals surface area contributed by atoms with Crippen LogP contribution in [-0.2, 0) is 4.74 Å². The van der Waals surface area contributed by atoms with Crippen molar-refractivity contribution in [1.29, 1.82) is 0 Å². The van der Waals surface area contributed by atoms with Crippen LogP contribution in [0.3, 0.4) is 0 Å². The van der Waals surface area contributed by atoms with E-state index in [0.29, 0.717) is 0 Å². The molecule has 0 spiro atoms. The van der Waals surface area contributed by atoms with Crippen molar-refractivity contribution in [1.82, 2.24) is 5.16 Å². The smallest absolute Gasteiger partial charge is 0.343 e. The molecule has 0 aliphatic carbocycles. The molecular weight excluding hydrogens is 324 g/mol. The van der Waals surface area contributed by atoms with E-state index in [0.717, 1.165) is 12.1 Å². The molecule has 100 valence electrons. The Balaban J connectivity index is 2.66. The Bertz CT molecular complexity index is 655. The molecule has 7 heteroatoms. The van der Waals surface area contributed by atoms with Gasteiger partial charge in [0.25, 0.3) is 0 Å². The maximum atomic E-state index is 13.3. The third-order valence-electron chi connectivity index (χ3n) is 2.52. The highest BCUT2D eigenvalue weighted by molar-refractivity contribution is 9.10. The second-order valence-electron chi connectivity index (χ2n) is 3.70. The molecule has 1 heterocycles. The number of nitrogens with zero attached hydrogens (tertiary/aromatic N) is 1. The average Bonchev–Trinajstić information content (AvgIpc) is 2.74. The number of esters is 1. The molecule has 0 aliphatic rings. The minimum Gasteiger partial charge on any atom is -0.465 e. The predicted molar refractivity (Wildman–Crippen MR) is 65.6 cm³/mol. The van der Waals surface area contributed by atoms with Gasteiger partial charge in [0, 0.05) is 10.0 Å². The van der Waals surface area contributed by atoms with Crippen molar-refractivity contribution in [2.75, 3.05) is 7.11 Å². The normalized spacial score (nSPS) is 10.6. The van der Waals surface area contributed by atoms with Crippen molar-refractivity contribution < 1.29 is 22.8 Å². The van der Waals surface area contributed by atoms with E-state index in [1.807, 2.05) is 0 Å². The molecule has 2 aromatic rings. The van der Waals surface area contributed by atoms with Crippen LogP contribution < -0.4 is 0 Å². The summed E-state index contributed by atoms with van der Waals surface area (Å²) in [5.41, 5.74) is 0.375. The lowest BCUT2D eigenvalue weighted by molar-refractivity contribution is 0.0599. The number of rotatable bonds is 2. The van der Waals surface area contributed by atoms with Crippen molar-refractivity contribution in [2.24, 2.45) is 0 Å². The first kappa shape index (κ1) is 13.7. The van der Waals surface area contributed by atoms with Crippen LogP contribution in [-0.4, -0.2) is 18.2 Å². The van der Waals surface area contributed by atoms with Crippen molar-refractivity contribution >= 4 is 21.9 Å². The molecule has 0 radical (unpaired) electrons. The summed E-state index contributed by atoms with van der Waals surface area (Å²) in [6.07, 6.45) is 0. The third kappa shape index (κ3) is 2.37. The first-order valence-corrected chi connectivity index (χ1v) is 5.94. The molecular formula is C12H8BrF2NO3. The maximum Gasteiger partial charge on any atom is 0.343 e. The van der Waals surface area contributed by atoms with Gasteiger partial charge in [-0.1, -0.05) is 5.16 Å². The van der Waals surface area contributed by atoms with Crippen molar-refractivity contribution in [2.45, 2.75) is 6.92 Å². The SMILES string of the molecule is COC(=O)c1c(-c2cc(F)c(F)cc2Br)noc1C. The molecule has 0 fully saturated rings. The fourth-order valence-electron chi connectivity index (χ4n) is 1.60. The lowest BCUT2D eigenvalue weighted by Crippen LogP contribution is -2.04. The number of aromatic nitrogens is 1. The molecule has 0 unspecified atom stereocenters. The molecule has 0 bridgehead atoms. The second-order valence-corrected chi connectivity index (χ2v) is 4.55. The van der Waals surface area contributed by atoms with Gasteiger partial charge in [0.05, 0.1) is 7.11 Å². The summed E-state index contributed by atoms with van der Waals surface area (Å²) >= 11 is 3.09. The van der Waals surface area contributed by atoms with Gasteiger partial charge >= 0.3 is 5.97 Å². The monoisotopic (exact) mass is 331 g/mol. The Morgan fingerprint density at radius 3 is 2.63 bits per heavy atom. The topological polar surface area (TPSA) is 52.3 Å². The van der Waals surface area contributed by atoms with Crippen LogP contribution in [0.2, 0.25) is 0 Å². The highest BCUT2D eigenvalue weighted by Gasteiger charge is 2.24. The van der Waals surface area contributed by atoms with Gasteiger partial charge in [-0.3, -0.25) is 0 Å². The highest BCUT2D eigenvalue weighted by atomic mass is 79.9. The predicted octanol–water partition coefficient (Wildman–Crippen LogP) is 3.48. The van der Waals surface area contributed by atoms with Gasteiger partial charge in [0.2, 0.25) is 0 Å². The molecule has 0 amide bonds. The number of hydrogen-bond donors (Lipinski definition) is 0. The first-order chi connectivity index (χ1) is 8.95. The Kier molecular flexibility index (Phi) is 3.66. The maximum absolute atomic E-state index is 13.3. The van der Waals surface area contributed by atoms with Crippen molar-refractivity contribution in [3.63, 3.8) is 0 Å². The van der Waals surface area contributed by atoms with E-state index in [1.165, 1.54) is 14.0 Å². The molecule has 0 saturated heterocycles. The van der Waals surface area contributed by atoms with Crippen LogP contribution in [0.1, 0.15) is 16.1 Å². The first-order valence-electron chi connectivity index (χ1n) is 5.15. The van der Waals surface area contributed by atoms with Crippen molar-refractivity contribution in [3.8, 4) is 11.3 Å². The van der Waals surface area contributed by atoms with E-state index < -0.39 is 17.6 Å². The van der Waals surface area contributed by atoms with Gasteiger partial charge in [0.1, 0.15) is 17.0 Å². The molecule has 1 aromatic heterocycles. The number of methoxy groups -OCH3 is 1. The lowest BCUT2D eigenvalue weighted by Gasteiger charge is -2.04. The number of halogens is 3. The minimum atomic E-state index is -1.05. The molecule has 19 heavy (non-hydrogen) atoms. The van der Waals surface area contributed by atoms with Gasteiger partial charge in [-0.05, 0) is 35.0 Å². The Labute approximate surface area is 115 Å². The number of carbonyl (C=O) groups excluding carboxylic acids is 1. The van der Waals surface area contributed by atoms with Crippen LogP contribution in [0.15, 0.2) is 21.1 Å². The highest BCUT2D eigenvalue weighted by Crippen LogP contribution is 2.33. The summed E-state index contributed by atoms with van der Waals surface area (Å²) < 4.78 is 36.1.